The number of rotatable bonds is 4. The zero-order valence-corrected chi connectivity index (χ0v) is 8.45. The fourth-order valence-corrected chi connectivity index (χ4v) is 0.788. The van der Waals surface area contributed by atoms with Crippen LogP contribution in [0.15, 0.2) is 23.3 Å². The highest BCUT2D eigenvalue weighted by molar-refractivity contribution is 5.65. The molecule has 0 unspecified atom stereocenters. The summed E-state index contributed by atoms with van der Waals surface area (Å²) in [5, 5.41) is 12.0. The summed E-state index contributed by atoms with van der Waals surface area (Å²) in [6, 6.07) is 0. The van der Waals surface area contributed by atoms with Crippen LogP contribution in [0.4, 0.5) is 0 Å². The summed E-state index contributed by atoms with van der Waals surface area (Å²) in [7, 11) is 0. The Kier molecular flexibility index (Phi) is 12.4. The Labute approximate surface area is 79.3 Å². The van der Waals surface area contributed by atoms with Gasteiger partial charge < -0.3 is 0 Å². The Hall–Kier alpha value is -0.930. The van der Waals surface area contributed by atoms with E-state index in [1.165, 1.54) is 5.57 Å². The number of carbonyl (C=O) groups is 1. The van der Waals surface area contributed by atoms with E-state index in [0.29, 0.717) is 0 Å². The first-order valence-corrected chi connectivity index (χ1v) is 4.11. The smallest absolute Gasteiger partial charge is 0.142 e. The van der Waals surface area contributed by atoms with Crippen molar-refractivity contribution in [1.82, 2.24) is 0 Å². The van der Waals surface area contributed by atoms with E-state index >= 15 is 0 Å². The molecule has 0 fully saturated rings. The van der Waals surface area contributed by atoms with E-state index in [1.807, 2.05) is 6.92 Å². The molecule has 76 valence electrons. The number of aldehydes is 1. The molecule has 3 heteroatoms. The van der Waals surface area contributed by atoms with Gasteiger partial charge in [-0.05, 0) is 39.7 Å². The van der Waals surface area contributed by atoms with Crippen LogP contribution in [0.25, 0.3) is 0 Å². The first kappa shape index (κ1) is 14.6. The third-order valence-electron chi connectivity index (χ3n) is 1.44. The second-order valence-corrected chi connectivity index (χ2v) is 2.97. The van der Waals surface area contributed by atoms with Crippen LogP contribution >= 0.6 is 0 Å². The summed E-state index contributed by atoms with van der Waals surface area (Å²) in [6.07, 6.45) is 6.68. The molecular weight excluding hydrogens is 168 g/mol. The van der Waals surface area contributed by atoms with Crippen molar-refractivity contribution in [3.63, 3.8) is 0 Å². The van der Waals surface area contributed by atoms with E-state index in [0.717, 1.165) is 24.7 Å². The monoisotopic (exact) mass is 186 g/mol. The lowest BCUT2D eigenvalue weighted by atomic mass is 10.1. The van der Waals surface area contributed by atoms with Crippen molar-refractivity contribution >= 4 is 6.29 Å². The minimum absolute atomic E-state index is 0.845. The van der Waals surface area contributed by atoms with E-state index in [4.69, 9.17) is 10.5 Å². The second kappa shape index (κ2) is 11.1. The predicted molar refractivity (Wildman–Crippen MR) is 53.7 cm³/mol. The Morgan fingerprint density at radius 3 is 2.15 bits per heavy atom. The van der Waals surface area contributed by atoms with Gasteiger partial charge in [-0.2, -0.15) is 0 Å². The lowest BCUT2D eigenvalue weighted by Crippen LogP contribution is -1.77. The van der Waals surface area contributed by atoms with Gasteiger partial charge in [-0.1, -0.05) is 17.2 Å². The molecule has 0 radical (unpaired) electrons. The Bertz CT molecular complexity index is 177. The van der Waals surface area contributed by atoms with E-state index in [-0.39, 0.29) is 0 Å². The van der Waals surface area contributed by atoms with Gasteiger partial charge >= 0.3 is 0 Å². The standard InChI is InChI=1S/C10H16O.H2O2/c1-9(2)5-4-6-10(3)7-8-11;1-2/h5,7-8H,4,6H2,1-3H3;1-2H. The van der Waals surface area contributed by atoms with Crippen LogP contribution in [0.1, 0.15) is 33.6 Å². The van der Waals surface area contributed by atoms with Crippen LogP contribution in [-0.4, -0.2) is 16.8 Å². The molecule has 0 heterocycles. The van der Waals surface area contributed by atoms with Gasteiger partial charge in [0.05, 0.1) is 0 Å². The third-order valence-corrected chi connectivity index (χ3v) is 1.44. The van der Waals surface area contributed by atoms with Crippen LogP contribution in [0.5, 0.6) is 0 Å². The summed E-state index contributed by atoms with van der Waals surface area (Å²) in [5.41, 5.74) is 2.49. The van der Waals surface area contributed by atoms with Gasteiger partial charge in [0.1, 0.15) is 6.29 Å². The minimum atomic E-state index is 0.845. The normalized spacial score (nSPS) is 9.77. The average Bonchev–Trinajstić information content (AvgIpc) is 2.08. The number of hydrogen-bond donors (Lipinski definition) is 2. The van der Waals surface area contributed by atoms with E-state index in [9.17, 15) is 4.79 Å². The van der Waals surface area contributed by atoms with E-state index < -0.39 is 0 Å². The number of hydrogen-bond acceptors (Lipinski definition) is 3. The highest BCUT2D eigenvalue weighted by Crippen LogP contribution is 2.05. The van der Waals surface area contributed by atoms with Crippen LogP contribution in [0.2, 0.25) is 0 Å². The van der Waals surface area contributed by atoms with Crippen molar-refractivity contribution in [2.75, 3.05) is 0 Å². The first-order chi connectivity index (χ1) is 6.16. The highest BCUT2D eigenvalue weighted by atomic mass is 17.0. The minimum Gasteiger partial charge on any atom is -0.299 e. The largest absolute Gasteiger partial charge is 0.299 e. The Morgan fingerprint density at radius 2 is 1.77 bits per heavy atom. The molecule has 0 aliphatic carbocycles. The summed E-state index contributed by atoms with van der Waals surface area (Å²) in [4.78, 5) is 10.0. The molecular formula is C10H18O3. The molecule has 13 heavy (non-hydrogen) atoms. The summed E-state index contributed by atoms with van der Waals surface area (Å²) in [5.74, 6) is 0. The van der Waals surface area contributed by atoms with Crippen LogP contribution in [-0.2, 0) is 4.79 Å². The van der Waals surface area contributed by atoms with Gasteiger partial charge in [0.15, 0.2) is 0 Å². The fraction of sp³-hybridized carbons (Fsp3) is 0.500. The fourth-order valence-electron chi connectivity index (χ4n) is 0.788. The van der Waals surface area contributed by atoms with Crippen LogP contribution < -0.4 is 0 Å². The quantitative estimate of drug-likeness (QED) is 0.233. The molecule has 0 rings (SSSR count). The molecule has 0 aliphatic rings. The lowest BCUT2D eigenvalue weighted by molar-refractivity contribution is -0.176. The molecule has 0 aromatic rings. The number of carbonyl (C=O) groups excluding carboxylic acids is 1. The zero-order chi connectivity index (χ0) is 10.7. The summed E-state index contributed by atoms with van der Waals surface area (Å²) >= 11 is 0. The molecule has 0 aromatic carbocycles. The van der Waals surface area contributed by atoms with Gasteiger partial charge in [-0.15, -0.1) is 0 Å². The first-order valence-electron chi connectivity index (χ1n) is 4.11. The van der Waals surface area contributed by atoms with Crippen LogP contribution in [0, 0.1) is 0 Å². The van der Waals surface area contributed by atoms with Crippen molar-refractivity contribution in [3.8, 4) is 0 Å². The van der Waals surface area contributed by atoms with Crippen molar-refractivity contribution < 1.29 is 15.3 Å². The summed E-state index contributed by atoms with van der Waals surface area (Å²) < 4.78 is 0. The molecule has 0 saturated carbocycles. The maximum absolute atomic E-state index is 10.0. The maximum Gasteiger partial charge on any atom is 0.142 e. The van der Waals surface area contributed by atoms with E-state index in [1.54, 1.807) is 6.08 Å². The zero-order valence-electron chi connectivity index (χ0n) is 8.45. The van der Waals surface area contributed by atoms with Crippen LogP contribution in [0.3, 0.4) is 0 Å². The second-order valence-electron chi connectivity index (χ2n) is 2.97. The van der Waals surface area contributed by atoms with Gasteiger partial charge in [-0.3, -0.25) is 15.3 Å². The summed E-state index contributed by atoms with van der Waals surface area (Å²) in [6.45, 7) is 6.14. The molecule has 0 aliphatic heterocycles. The van der Waals surface area contributed by atoms with Crippen molar-refractivity contribution in [1.29, 1.82) is 0 Å². The molecule has 0 aromatic heterocycles. The Morgan fingerprint density at radius 1 is 1.23 bits per heavy atom. The van der Waals surface area contributed by atoms with Crippen molar-refractivity contribution in [2.24, 2.45) is 0 Å². The van der Waals surface area contributed by atoms with Gasteiger partial charge in [0, 0.05) is 0 Å². The molecule has 0 amide bonds. The topological polar surface area (TPSA) is 57.5 Å². The highest BCUT2D eigenvalue weighted by Gasteiger charge is 1.86. The molecule has 3 nitrogen and oxygen atoms in total. The number of allylic oxidation sites excluding steroid dienone is 4. The predicted octanol–water partition coefficient (Wildman–Crippen LogP) is 2.90. The SMILES string of the molecule is CC(C)=CCCC(C)=CC=O.OO. The molecule has 0 saturated heterocycles. The van der Waals surface area contributed by atoms with E-state index in [2.05, 4.69) is 19.9 Å². The van der Waals surface area contributed by atoms with Gasteiger partial charge in [0.25, 0.3) is 0 Å². The molecule has 0 spiro atoms. The lowest BCUT2D eigenvalue weighted by Gasteiger charge is -1.94. The van der Waals surface area contributed by atoms with Crippen molar-refractivity contribution in [2.45, 2.75) is 33.6 Å². The average molecular weight is 186 g/mol. The van der Waals surface area contributed by atoms with Gasteiger partial charge in [0.2, 0.25) is 0 Å². The third kappa shape index (κ3) is 14.0. The van der Waals surface area contributed by atoms with Crippen molar-refractivity contribution in [3.05, 3.63) is 23.3 Å². The Balaban J connectivity index is 0. The molecule has 0 bridgehead atoms. The molecule has 0 atom stereocenters. The molecule has 2 N–H and O–H groups in total. The van der Waals surface area contributed by atoms with Gasteiger partial charge in [-0.25, -0.2) is 0 Å². The maximum atomic E-state index is 10.0.